The Kier molecular flexibility index (Phi) is 8.17. The molecule has 1 unspecified atom stereocenters. The number of imidazole rings is 1. The van der Waals surface area contributed by atoms with Crippen LogP contribution < -0.4 is 10.5 Å². The molecule has 1 saturated heterocycles. The van der Waals surface area contributed by atoms with Crippen LogP contribution in [0.2, 0.25) is 0 Å². The highest BCUT2D eigenvalue weighted by Gasteiger charge is 2.45. The maximum atomic E-state index is 12.1. The van der Waals surface area contributed by atoms with Gasteiger partial charge >= 0.3 is 5.97 Å². The van der Waals surface area contributed by atoms with E-state index in [2.05, 4.69) is 19.9 Å². The SMILES string of the molecule is CCOC(=O)c1ncccc1OCC(O)CSc1nc2c(N)ncnc2n1[C@@H]1O[C@H](CO)[C@@H](O)[C@H]1O. The summed E-state index contributed by atoms with van der Waals surface area (Å²) in [7, 11) is 0. The zero-order chi connectivity index (χ0) is 25.8. The number of carbonyl (C=O) groups is 1. The van der Waals surface area contributed by atoms with Crippen LogP contribution in [-0.4, -0.2) is 101 Å². The summed E-state index contributed by atoms with van der Waals surface area (Å²) in [5.41, 5.74) is 6.44. The molecule has 36 heavy (non-hydrogen) atoms. The van der Waals surface area contributed by atoms with Gasteiger partial charge in [-0.25, -0.2) is 24.7 Å². The monoisotopic (exact) mass is 522 g/mol. The average molecular weight is 523 g/mol. The highest BCUT2D eigenvalue weighted by molar-refractivity contribution is 7.99. The standard InChI is InChI=1S/C21H26N6O8S/c1-2-33-20(32)13-11(4-3-5-23-13)34-7-10(29)8-36-21-26-14-17(22)24-9-25-18(14)27(21)19-16(31)15(30)12(6-28)35-19/h3-5,9-10,12,15-16,19,28-31H,2,6-8H2,1H3,(H2,22,24,25)/t10?,12-,15-,16-,19-/m1/s1. The Labute approximate surface area is 209 Å². The van der Waals surface area contributed by atoms with Crippen molar-refractivity contribution in [1.29, 1.82) is 0 Å². The zero-order valence-electron chi connectivity index (χ0n) is 19.2. The van der Waals surface area contributed by atoms with E-state index in [4.69, 9.17) is 19.9 Å². The Morgan fingerprint density at radius 3 is 2.83 bits per heavy atom. The summed E-state index contributed by atoms with van der Waals surface area (Å²) in [5.74, 6) is -0.288. The van der Waals surface area contributed by atoms with E-state index in [1.54, 1.807) is 19.1 Å². The molecule has 194 valence electrons. The number of thioether (sulfide) groups is 1. The number of aliphatic hydroxyl groups is 4. The lowest BCUT2D eigenvalue weighted by molar-refractivity contribution is -0.0548. The van der Waals surface area contributed by atoms with Crippen LogP contribution in [0.1, 0.15) is 23.6 Å². The fourth-order valence-electron chi connectivity index (χ4n) is 3.60. The first-order valence-corrected chi connectivity index (χ1v) is 12.0. The van der Waals surface area contributed by atoms with Gasteiger partial charge in [-0.3, -0.25) is 4.57 Å². The van der Waals surface area contributed by atoms with Crippen LogP contribution in [0.5, 0.6) is 5.75 Å². The Morgan fingerprint density at radius 1 is 1.31 bits per heavy atom. The van der Waals surface area contributed by atoms with Crippen LogP contribution in [0.25, 0.3) is 11.2 Å². The second-order valence-corrected chi connectivity index (χ2v) is 8.76. The highest BCUT2D eigenvalue weighted by Crippen LogP contribution is 2.36. The molecular weight excluding hydrogens is 496 g/mol. The summed E-state index contributed by atoms with van der Waals surface area (Å²) < 4.78 is 17.7. The number of rotatable bonds is 10. The van der Waals surface area contributed by atoms with E-state index in [0.717, 1.165) is 11.8 Å². The number of esters is 1. The molecule has 5 atom stereocenters. The third-order valence-corrected chi connectivity index (χ3v) is 6.42. The Morgan fingerprint density at radius 2 is 2.11 bits per heavy atom. The van der Waals surface area contributed by atoms with Crippen molar-refractivity contribution in [3.05, 3.63) is 30.4 Å². The lowest BCUT2D eigenvalue weighted by atomic mass is 10.1. The number of ether oxygens (including phenoxy) is 3. The van der Waals surface area contributed by atoms with Crippen LogP contribution in [0.15, 0.2) is 29.8 Å². The van der Waals surface area contributed by atoms with Crippen LogP contribution in [0.3, 0.4) is 0 Å². The molecule has 15 heteroatoms. The van der Waals surface area contributed by atoms with Crippen molar-refractivity contribution in [3.63, 3.8) is 0 Å². The van der Waals surface area contributed by atoms with E-state index in [9.17, 15) is 25.2 Å². The molecule has 14 nitrogen and oxygen atoms in total. The third-order valence-electron chi connectivity index (χ3n) is 5.32. The lowest BCUT2D eigenvalue weighted by Crippen LogP contribution is -2.33. The van der Waals surface area contributed by atoms with Crippen molar-refractivity contribution in [2.45, 2.75) is 42.7 Å². The minimum absolute atomic E-state index is 0.000546. The van der Waals surface area contributed by atoms with Crippen LogP contribution in [0, 0.1) is 0 Å². The number of fused-ring (bicyclic) bond motifs is 1. The van der Waals surface area contributed by atoms with Gasteiger partial charge in [0, 0.05) is 11.9 Å². The van der Waals surface area contributed by atoms with Gasteiger partial charge in [-0.2, -0.15) is 0 Å². The number of carbonyl (C=O) groups excluding carboxylic acids is 1. The number of hydrogen-bond donors (Lipinski definition) is 5. The summed E-state index contributed by atoms with van der Waals surface area (Å²) in [5, 5.41) is 41.0. The first-order chi connectivity index (χ1) is 17.3. The number of nitrogen functional groups attached to an aromatic ring is 1. The molecule has 0 aliphatic carbocycles. The second-order valence-electron chi connectivity index (χ2n) is 7.77. The molecule has 1 fully saturated rings. The summed E-state index contributed by atoms with van der Waals surface area (Å²) in [4.78, 5) is 28.6. The van der Waals surface area contributed by atoms with E-state index in [-0.39, 0.29) is 52.5 Å². The minimum Gasteiger partial charge on any atom is -0.488 e. The average Bonchev–Trinajstić information content (AvgIpc) is 3.39. The minimum atomic E-state index is -1.38. The van der Waals surface area contributed by atoms with Crippen LogP contribution in [-0.2, 0) is 9.47 Å². The Balaban J connectivity index is 1.50. The van der Waals surface area contributed by atoms with Crippen molar-refractivity contribution in [2.24, 2.45) is 0 Å². The number of pyridine rings is 1. The van der Waals surface area contributed by atoms with Gasteiger partial charge in [0.15, 0.2) is 39.8 Å². The second kappa shape index (κ2) is 11.3. The molecule has 0 amide bonds. The molecule has 3 aromatic heterocycles. The first-order valence-electron chi connectivity index (χ1n) is 11.0. The molecular formula is C21H26N6O8S. The van der Waals surface area contributed by atoms with Gasteiger partial charge in [0.25, 0.3) is 0 Å². The molecule has 4 heterocycles. The van der Waals surface area contributed by atoms with Crippen LogP contribution >= 0.6 is 11.8 Å². The topological polar surface area (TPSA) is 208 Å². The largest absolute Gasteiger partial charge is 0.488 e. The van der Waals surface area contributed by atoms with Gasteiger partial charge in [-0.05, 0) is 19.1 Å². The van der Waals surface area contributed by atoms with E-state index < -0.39 is 43.2 Å². The molecule has 4 rings (SSSR count). The number of hydrogen-bond acceptors (Lipinski definition) is 14. The van der Waals surface area contributed by atoms with E-state index in [1.807, 2.05) is 0 Å². The summed E-state index contributed by atoms with van der Waals surface area (Å²) in [6, 6.07) is 3.13. The van der Waals surface area contributed by atoms with Crippen molar-refractivity contribution in [2.75, 3.05) is 31.3 Å². The fourth-order valence-corrected chi connectivity index (χ4v) is 4.52. The number of nitrogens with two attached hydrogens (primary N) is 1. The molecule has 3 aromatic rings. The number of aromatic nitrogens is 5. The van der Waals surface area contributed by atoms with Crippen LogP contribution in [0.4, 0.5) is 5.82 Å². The molecule has 0 radical (unpaired) electrons. The van der Waals surface area contributed by atoms with E-state index in [1.165, 1.54) is 17.1 Å². The molecule has 0 spiro atoms. The van der Waals surface area contributed by atoms with Gasteiger partial charge in [0.2, 0.25) is 0 Å². The molecule has 1 aliphatic rings. The molecule has 0 saturated carbocycles. The Bertz CT molecular complexity index is 1210. The number of aliphatic hydroxyl groups excluding tert-OH is 4. The van der Waals surface area contributed by atoms with E-state index >= 15 is 0 Å². The van der Waals surface area contributed by atoms with Crippen molar-refractivity contribution in [3.8, 4) is 5.75 Å². The zero-order valence-corrected chi connectivity index (χ0v) is 20.0. The summed E-state index contributed by atoms with van der Waals surface area (Å²) in [6.07, 6.45) is -3.18. The number of nitrogens with zero attached hydrogens (tertiary/aromatic N) is 5. The first kappa shape index (κ1) is 26.0. The maximum absolute atomic E-state index is 12.1. The fraction of sp³-hybridized carbons (Fsp3) is 0.476. The number of anilines is 1. The smallest absolute Gasteiger partial charge is 0.360 e. The van der Waals surface area contributed by atoms with Crippen molar-refractivity contribution >= 4 is 34.7 Å². The predicted octanol–water partition coefficient (Wildman–Crippen LogP) is -0.876. The van der Waals surface area contributed by atoms with Gasteiger partial charge in [-0.1, -0.05) is 11.8 Å². The highest BCUT2D eigenvalue weighted by atomic mass is 32.2. The van der Waals surface area contributed by atoms with Gasteiger partial charge in [0.1, 0.15) is 31.2 Å². The molecule has 1 aliphatic heterocycles. The van der Waals surface area contributed by atoms with Gasteiger partial charge < -0.3 is 40.4 Å². The third kappa shape index (κ3) is 5.21. The predicted molar refractivity (Wildman–Crippen MR) is 125 cm³/mol. The molecule has 0 bridgehead atoms. The maximum Gasteiger partial charge on any atom is 0.360 e. The van der Waals surface area contributed by atoms with Crippen molar-refractivity contribution in [1.82, 2.24) is 24.5 Å². The van der Waals surface area contributed by atoms with Gasteiger partial charge in [-0.15, -0.1) is 0 Å². The quantitative estimate of drug-likeness (QED) is 0.162. The van der Waals surface area contributed by atoms with Gasteiger partial charge in [0.05, 0.1) is 19.3 Å². The van der Waals surface area contributed by atoms with Crippen molar-refractivity contribution < 1.29 is 39.4 Å². The van der Waals surface area contributed by atoms with E-state index in [0.29, 0.717) is 0 Å². The summed E-state index contributed by atoms with van der Waals surface area (Å²) in [6.45, 7) is 1.19. The summed E-state index contributed by atoms with van der Waals surface area (Å²) >= 11 is 1.10. The molecule has 6 N–H and O–H groups in total. The Hall–Kier alpha value is -3.08. The lowest BCUT2D eigenvalue weighted by Gasteiger charge is -2.19. The molecule has 0 aromatic carbocycles. The normalized spacial score (nSPS) is 22.6.